The van der Waals surface area contributed by atoms with E-state index in [1.165, 1.54) is 25.2 Å². The zero-order valence-electron chi connectivity index (χ0n) is 20.5. The number of rotatable bonds is 10. The van der Waals surface area contributed by atoms with E-state index >= 15 is 0 Å². The molecular formula is C26H30ClNO7. The maximum absolute atomic E-state index is 13.2. The second-order valence-electron chi connectivity index (χ2n) is 8.14. The quantitative estimate of drug-likeness (QED) is 0.287. The number of benzene rings is 2. The number of amides is 1. The minimum atomic E-state index is -0.889. The molecule has 1 atom stereocenters. The van der Waals surface area contributed by atoms with Crippen molar-refractivity contribution in [1.29, 1.82) is 0 Å². The van der Waals surface area contributed by atoms with Crippen LogP contribution >= 0.6 is 11.6 Å². The van der Waals surface area contributed by atoms with Crippen LogP contribution in [0.25, 0.3) is 5.76 Å². The van der Waals surface area contributed by atoms with E-state index in [-0.39, 0.29) is 35.4 Å². The van der Waals surface area contributed by atoms with Crippen molar-refractivity contribution in [3.05, 3.63) is 58.1 Å². The summed E-state index contributed by atoms with van der Waals surface area (Å²) in [5, 5.41) is 11.5. The molecule has 1 unspecified atom stereocenters. The summed E-state index contributed by atoms with van der Waals surface area (Å²) in [4.78, 5) is 27.6. The highest BCUT2D eigenvalue weighted by molar-refractivity contribution is 6.47. The standard InChI is InChI=1S/C26H30ClNO7/c1-6-34-21-13-16(7-10-20(21)35-15(2)3)23-22(25(30)26(31)28(23)11-12-32-4)24(29)18-14-17(33-5)8-9-19(18)27/h7-10,13-15,23,29H,6,11-12H2,1-5H3/b24-22+. The summed E-state index contributed by atoms with van der Waals surface area (Å²) in [5.41, 5.74) is 0.673. The van der Waals surface area contributed by atoms with Crippen LogP contribution in [-0.2, 0) is 14.3 Å². The van der Waals surface area contributed by atoms with Gasteiger partial charge in [-0.2, -0.15) is 0 Å². The van der Waals surface area contributed by atoms with Gasteiger partial charge in [0.15, 0.2) is 11.5 Å². The Morgan fingerprint density at radius 2 is 1.86 bits per heavy atom. The lowest BCUT2D eigenvalue weighted by molar-refractivity contribution is -0.140. The van der Waals surface area contributed by atoms with Gasteiger partial charge in [0.25, 0.3) is 11.7 Å². The summed E-state index contributed by atoms with van der Waals surface area (Å²) in [6.45, 7) is 6.39. The topological polar surface area (TPSA) is 94.5 Å². The number of hydrogen-bond acceptors (Lipinski definition) is 7. The van der Waals surface area contributed by atoms with Crippen molar-refractivity contribution < 1.29 is 33.6 Å². The van der Waals surface area contributed by atoms with Crippen LogP contribution in [0.2, 0.25) is 5.02 Å². The molecule has 1 saturated heterocycles. The van der Waals surface area contributed by atoms with Gasteiger partial charge >= 0.3 is 0 Å². The number of likely N-dealkylation sites (tertiary alicyclic amines) is 1. The van der Waals surface area contributed by atoms with E-state index < -0.39 is 23.5 Å². The minimum Gasteiger partial charge on any atom is -0.507 e. The van der Waals surface area contributed by atoms with Crippen molar-refractivity contribution in [2.75, 3.05) is 34.0 Å². The van der Waals surface area contributed by atoms with Crippen LogP contribution in [0.4, 0.5) is 0 Å². The molecule has 1 heterocycles. The van der Waals surface area contributed by atoms with Gasteiger partial charge in [0.1, 0.15) is 11.5 Å². The van der Waals surface area contributed by atoms with Crippen LogP contribution in [0.15, 0.2) is 42.0 Å². The summed E-state index contributed by atoms with van der Waals surface area (Å²) < 4.78 is 22.0. The van der Waals surface area contributed by atoms with Crippen molar-refractivity contribution in [2.45, 2.75) is 32.9 Å². The van der Waals surface area contributed by atoms with E-state index in [0.717, 1.165) is 0 Å². The summed E-state index contributed by atoms with van der Waals surface area (Å²) in [5.74, 6) is -0.505. The third-order valence-corrected chi connectivity index (χ3v) is 5.78. The fraction of sp³-hybridized carbons (Fsp3) is 0.385. The van der Waals surface area contributed by atoms with Crippen LogP contribution < -0.4 is 14.2 Å². The number of nitrogens with zero attached hydrogens (tertiary/aromatic N) is 1. The predicted molar refractivity (Wildman–Crippen MR) is 132 cm³/mol. The molecule has 3 rings (SSSR count). The Balaban J connectivity index is 2.22. The molecule has 0 aliphatic carbocycles. The van der Waals surface area contributed by atoms with Crippen LogP contribution in [0.5, 0.6) is 17.2 Å². The molecular weight excluding hydrogens is 474 g/mol. The average Bonchev–Trinajstić information content (AvgIpc) is 3.08. The van der Waals surface area contributed by atoms with Crippen LogP contribution in [-0.4, -0.2) is 61.8 Å². The molecule has 0 aromatic heterocycles. The summed E-state index contributed by atoms with van der Waals surface area (Å²) >= 11 is 6.34. The van der Waals surface area contributed by atoms with Crippen molar-refractivity contribution in [3.63, 3.8) is 0 Å². The smallest absolute Gasteiger partial charge is 0.295 e. The Labute approximate surface area is 210 Å². The highest BCUT2D eigenvalue weighted by Crippen LogP contribution is 2.43. The van der Waals surface area contributed by atoms with E-state index in [9.17, 15) is 14.7 Å². The molecule has 9 heteroatoms. The van der Waals surface area contributed by atoms with Gasteiger partial charge in [0, 0.05) is 19.2 Å². The molecule has 35 heavy (non-hydrogen) atoms. The zero-order chi connectivity index (χ0) is 25.7. The molecule has 1 amide bonds. The molecule has 2 aromatic carbocycles. The molecule has 2 aromatic rings. The second kappa shape index (κ2) is 11.5. The third-order valence-electron chi connectivity index (χ3n) is 5.45. The van der Waals surface area contributed by atoms with Gasteiger partial charge < -0.3 is 29.0 Å². The van der Waals surface area contributed by atoms with Crippen molar-refractivity contribution in [1.82, 2.24) is 4.90 Å². The van der Waals surface area contributed by atoms with Crippen LogP contribution in [0, 0.1) is 0 Å². The molecule has 1 aliphatic rings. The van der Waals surface area contributed by atoms with Gasteiger partial charge in [0.05, 0.1) is 43.1 Å². The van der Waals surface area contributed by atoms with Gasteiger partial charge in [-0.25, -0.2) is 0 Å². The zero-order valence-corrected chi connectivity index (χ0v) is 21.2. The van der Waals surface area contributed by atoms with Gasteiger partial charge in [-0.1, -0.05) is 17.7 Å². The number of carbonyl (C=O) groups is 2. The van der Waals surface area contributed by atoms with E-state index in [0.29, 0.717) is 29.4 Å². The lowest BCUT2D eigenvalue weighted by Crippen LogP contribution is -2.32. The average molecular weight is 504 g/mol. The van der Waals surface area contributed by atoms with Gasteiger partial charge in [-0.05, 0) is 56.7 Å². The normalized spacial score (nSPS) is 17.2. The van der Waals surface area contributed by atoms with E-state index in [2.05, 4.69) is 0 Å². The lowest BCUT2D eigenvalue weighted by Gasteiger charge is -2.26. The number of hydrogen-bond donors (Lipinski definition) is 1. The first kappa shape index (κ1) is 26.4. The Morgan fingerprint density at radius 3 is 2.49 bits per heavy atom. The minimum absolute atomic E-state index is 0.0809. The maximum atomic E-state index is 13.2. The Bertz CT molecular complexity index is 1130. The first-order valence-corrected chi connectivity index (χ1v) is 11.7. The number of halogens is 1. The Kier molecular flexibility index (Phi) is 8.64. The molecule has 0 radical (unpaired) electrons. The molecule has 1 aliphatic heterocycles. The predicted octanol–water partition coefficient (Wildman–Crippen LogP) is 4.60. The number of aliphatic hydroxyl groups excluding tert-OH is 1. The monoisotopic (exact) mass is 503 g/mol. The maximum Gasteiger partial charge on any atom is 0.295 e. The lowest BCUT2D eigenvalue weighted by atomic mass is 9.95. The summed E-state index contributed by atoms with van der Waals surface area (Å²) in [6, 6.07) is 9.01. The SMILES string of the molecule is CCOc1cc(C2/C(=C(\O)c3cc(OC)ccc3Cl)C(=O)C(=O)N2CCOC)ccc1OC(C)C. The number of ether oxygens (including phenoxy) is 4. The first-order valence-electron chi connectivity index (χ1n) is 11.3. The summed E-state index contributed by atoms with van der Waals surface area (Å²) in [7, 11) is 2.99. The van der Waals surface area contributed by atoms with Crippen molar-refractivity contribution in [3.8, 4) is 17.2 Å². The molecule has 1 fully saturated rings. The number of carbonyl (C=O) groups excluding carboxylic acids is 2. The van der Waals surface area contributed by atoms with Crippen molar-refractivity contribution in [2.24, 2.45) is 0 Å². The van der Waals surface area contributed by atoms with E-state index in [1.54, 1.807) is 30.3 Å². The fourth-order valence-corrected chi connectivity index (χ4v) is 4.13. The largest absolute Gasteiger partial charge is 0.507 e. The van der Waals surface area contributed by atoms with E-state index in [1.807, 2.05) is 20.8 Å². The fourth-order valence-electron chi connectivity index (χ4n) is 3.92. The molecule has 8 nitrogen and oxygen atoms in total. The van der Waals surface area contributed by atoms with E-state index in [4.69, 9.17) is 30.5 Å². The number of methoxy groups -OCH3 is 2. The third kappa shape index (κ3) is 5.55. The van der Waals surface area contributed by atoms with Crippen molar-refractivity contribution >= 4 is 29.1 Å². The summed E-state index contributed by atoms with van der Waals surface area (Å²) in [6.07, 6.45) is -0.0809. The number of aliphatic hydroxyl groups is 1. The highest BCUT2D eigenvalue weighted by Gasteiger charge is 2.46. The molecule has 188 valence electrons. The molecule has 0 spiro atoms. The Morgan fingerprint density at radius 1 is 1.11 bits per heavy atom. The number of ketones is 1. The van der Waals surface area contributed by atoms with Gasteiger partial charge in [-0.15, -0.1) is 0 Å². The first-order chi connectivity index (χ1) is 16.7. The van der Waals surface area contributed by atoms with Crippen LogP contribution in [0.3, 0.4) is 0 Å². The second-order valence-corrected chi connectivity index (χ2v) is 8.54. The molecule has 1 N–H and O–H groups in total. The number of Topliss-reactive ketones (excluding diaryl/α,β-unsaturated/α-hetero) is 1. The van der Waals surface area contributed by atoms with Gasteiger partial charge in [0.2, 0.25) is 0 Å². The Hall–Kier alpha value is -3.23. The molecule has 0 saturated carbocycles. The van der Waals surface area contributed by atoms with Crippen LogP contribution in [0.1, 0.15) is 37.9 Å². The molecule has 0 bridgehead atoms. The van der Waals surface area contributed by atoms with Gasteiger partial charge in [-0.3, -0.25) is 9.59 Å². The highest BCUT2D eigenvalue weighted by atomic mass is 35.5.